The Kier molecular flexibility index (Phi) is 5.06. The second kappa shape index (κ2) is 8.38. The fourth-order valence-electron chi connectivity index (χ4n) is 5.29. The highest BCUT2D eigenvalue weighted by Gasteiger charge is 2.71. The van der Waals surface area contributed by atoms with Crippen LogP contribution in [0.1, 0.15) is 28.4 Å². The van der Waals surface area contributed by atoms with Crippen molar-refractivity contribution < 1.29 is 9.53 Å². The Morgan fingerprint density at radius 2 is 1.12 bits per heavy atom. The maximum Gasteiger partial charge on any atom is 0.312 e. The molecule has 0 spiro atoms. The summed E-state index contributed by atoms with van der Waals surface area (Å²) in [6, 6.07) is 40.0. The third-order valence-corrected chi connectivity index (χ3v) is 6.95. The van der Waals surface area contributed by atoms with Crippen molar-refractivity contribution in [2.45, 2.75) is 17.7 Å². The van der Waals surface area contributed by atoms with Crippen molar-refractivity contribution in [3.8, 4) is 0 Å². The van der Waals surface area contributed by atoms with Crippen LogP contribution in [0.25, 0.3) is 0 Å². The minimum Gasteiger partial charge on any atom is -0.452 e. The van der Waals surface area contributed by atoms with Crippen molar-refractivity contribution in [2.75, 3.05) is 0 Å². The number of esters is 1. The first-order valence-corrected chi connectivity index (χ1v) is 11.6. The Hall–Kier alpha value is -4.05. The summed E-state index contributed by atoms with van der Waals surface area (Å²) in [5.74, 6) is -0.604. The van der Waals surface area contributed by atoms with E-state index in [-0.39, 0.29) is 23.8 Å². The molecule has 4 heteroatoms. The van der Waals surface area contributed by atoms with Gasteiger partial charge in [-0.05, 0) is 22.3 Å². The van der Waals surface area contributed by atoms with Crippen LogP contribution >= 0.6 is 0 Å². The number of rotatable bonds is 6. The van der Waals surface area contributed by atoms with Crippen LogP contribution in [-0.2, 0) is 15.1 Å². The molecule has 1 aliphatic carbocycles. The zero-order chi connectivity index (χ0) is 23.0. The molecule has 0 aromatic heterocycles. The summed E-state index contributed by atoms with van der Waals surface area (Å²) in [5, 5.41) is 9.38. The fourth-order valence-corrected chi connectivity index (χ4v) is 5.29. The number of benzene rings is 4. The van der Waals surface area contributed by atoms with Gasteiger partial charge in [0.2, 0.25) is 0 Å². The Morgan fingerprint density at radius 3 is 1.59 bits per heavy atom. The van der Waals surface area contributed by atoms with Crippen LogP contribution in [0.2, 0.25) is 0 Å². The lowest BCUT2D eigenvalue weighted by Gasteiger charge is -2.28. The van der Waals surface area contributed by atoms with Crippen LogP contribution in [0.4, 0.5) is 0 Å². The highest BCUT2D eigenvalue weighted by atomic mass is 16.5. The van der Waals surface area contributed by atoms with Gasteiger partial charge in [-0.1, -0.05) is 121 Å². The minimum absolute atomic E-state index is 0.0583. The predicted molar refractivity (Wildman–Crippen MR) is 130 cm³/mol. The van der Waals surface area contributed by atoms with Crippen LogP contribution in [0.5, 0.6) is 0 Å². The van der Waals surface area contributed by atoms with E-state index in [0.717, 1.165) is 22.3 Å². The number of hydrogen-bond donors (Lipinski definition) is 0. The molecule has 1 fully saturated rings. The summed E-state index contributed by atoms with van der Waals surface area (Å²) < 4.78 is 6.21. The molecule has 0 N–H and O–H groups in total. The van der Waals surface area contributed by atoms with Gasteiger partial charge in [0, 0.05) is 5.92 Å². The molecule has 6 rings (SSSR count). The van der Waals surface area contributed by atoms with Crippen molar-refractivity contribution in [1.29, 1.82) is 0 Å². The zero-order valence-corrected chi connectivity index (χ0v) is 18.6. The van der Waals surface area contributed by atoms with E-state index in [4.69, 9.17) is 9.85 Å². The molecule has 4 nitrogen and oxygen atoms in total. The number of nitrogens with zero attached hydrogens (tertiary/aromatic N) is 2. The maximum atomic E-state index is 13.6. The summed E-state index contributed by atoms with van der Waals surface area (Å²) >= 11 is 0. The number of hydrogen-bond acceptors (Lipinski definition) is 4. The minimum atomic E-state index is -0.675. The maximum absolute atomic E-state index is 13.6. The van der Waals surface area contributed by atoms with E-state index in [1.165, 1.54) is 0 Å². The van der Waals surface area contributed by atoms with Crippen LogP contribution in [0.15, 0.2) is 132 Å². The van der Waals surface area contributed by atoms with Crippen LogP contribution in [0, 0.1) is 11.8 Å². The van der Waals surface area contributed by atoms with Gasteiger partial charge >= 0.3 is 5.97 Å². The molecule has 2 aliphatic rings. The molecular formula is C30H24N2O2. The zero-order valence-electron chi connectivity index (χ0n) is 18.6. The Balaban J connectivity index is 1.34. The van der Waals surface area contributed by atoms with Crippen molar-refractivity contribution in [3.63, 3.8) is 0 Å². The Bertz CT molecular complexity index is 1230. The summed E-state index contributed by atoms with van der Waals surface area (Å²) in [7, 11) is 0. The van der Waals surface area contributed by atoms with Gasteiger partial charge in [-0.25, -0.2) is 0 Å². The molecule has 0 unspecified atom stereocenters. The molecule has 0 saturated heterocycles. The smallest absolute Gasteiger partial charge is 0.312 e. The molecule has 1 heterocycles. The summed E-state index contributed by atoms with van der Waals surface area (Å²) in [5.41, 5.74) is 3.33. The second-order valence-electron chi connectivity index (χ2n) is 8.89. The van der Waals surface area contributed by atoms with Crippen molar-refractivity contribution in [2.24, 2.45) is 22.1 Å². The lowest BCUT2D eigenvalue weighted by Crippen LogP contribution is -2.29. The number of carbonyl (C=O) groups excluding carboxylic acids is 1. The predicted octanol–water partition coefficient (Wildman–Crippen LogP) is 6.34. The SMILES string of the molecule is O=C(OC(c1ccccc1)c1ccccc1)[C@H]1[C@@H]2N=NC(c3ccccc3)(c3ccccc3)[C@@H]21. The highest BCUT2D eigenvalue weighted by Crippen LogP contribution is 2.63. The van der Waals surface area contributed by atoms with Gasteiger partial charge in [0.15, 0.2) is 6.10 Å². The second-order valence-corrected chi connectivity index (χ2v) is 8.89. The monoisotopic (exact) mass is 444 g/mol. The van der Waals surface area contributed by atoms with Crippen LogP contribution < -0.4 is 0 Å². The van der Waals surface area contributed by atoms with E-state index in [1.807, 2.05) is 97.1 Å². The average molecular weight is 445 g/mol. The molecule has 166 valence electrons. The van der Waals surface area contributed by atoms with Gasteiger partial charge in [0.05, 0.1) is 12.0 Å². The molecule has 4 aromatic carbocycles. The largest absolute Gasteiger partial charge is 0.452 e. The van der Waals surface area contributed by atoms with E-state index >= 15 is 0 Å². The number of azo groups is 1. The van der Waals surface area contributed by atoms with Gasteiger partial charge in [-0.15, -0.1) is 0 Å². The third kappa shape index (κ3) is 3.34. The van der Waals surface area contributed by atoms with Gasteiger partial charge in [0.1, 0.15) is 5.54 Å². The van der Waals surface area contributed by atoms with Crippen molar-refractivity contribution >= 4 is 5.97 Å². The molecule has 0 radical (unpaired) electrons. The standard InChI is InChI=1S/C30H24N2O2/c33-29(34-28(21-13-5-1-6-14-21)22-15-7-2-8-16-22)25-26-27(25)31-32-30(26,23-17-9-3-10-18-23)24-19-11-4-12-20-24/h1-20,25-28H/t25-,26-,27+/m1/s1. The van der Waals surface area contributed by atoms with E-state index < -0.39 is 11.6 Å². The molecule has 0 bridgehead atoms. The molecule has 4 aromatic rings. The van der Waals surface area contributed by atoms with E-state index in [1.54, 1.807) is 0 Å². The van der Waals surface area contributed by atoms with Crippen LogP contribution in [0.3, 0.4) is 0 Å². The van der Waals surface area contributed by atoms with E-state index in [2.05, 4.69) is 29.4 Å². The first kappa shape index (κ1) is 20.5. The van der Waals surface area contributed by atoms with E-state index in [9.17, 15) is 4.79 Å². The molecule has 3 atom stereocenters. The van der Waals surface area contributed by atoms with Crippen LogP contribution in [-0.4, -0.2) is 12.0 Å². The number of carbonyl (C=O) groups is 1. The van der Waals surface area contributed by atoms with Gasteiger partial charge in [-0.3, -0.25) is 4.79 Å². The summed E-state index contributed by atoms with van der Waals surface area (Å²) in [4.78, 5) is 13.6. The lowest BCUT2D eigenvalue weighted by atomic mass is 9.79. The topological polar surface area (TPSA) is 51.0 Å². The summed E-state index contributed by atoms with van der Waals surface area (Å²) in [6.45, 7) is 0. The molecule has 1 saturated carbocycles. The molecule has 1 aliphatic heterocycles. The normalized spacial score (nSPS) is 21.7. The summed E-state index contributed by atoms with van der Waals surface area (Å²) in [6.07, 6.45) is -0.462. The third-order valence-electron chi connectivity index (χ3n) is 6.95. The average Bonchev–Trinajstić information content (AvgIpc) is 3.52. The van der Waals surface area contributed by atoms with Crippen molar-refractivity contribution in [3.05, 3.63) is 144 Å². The van der Waals surface area contributed by atoms with Gasteiger partial charge < -0.3 is 4.74 Å². The Labute approximate surface area is 199 Å². The fraction of sp³-hybridized carbons (Fsp3) is 0.167. The Morgan fingerprint density at radius 1 is 0.676 bits per heavy atom. The quantitative estimate of drug-likeness (QED) is 0.326. The molecule has 0 amide bonds. The first-order chi connectivity index (χ1) is 16.8. The lowest BCUT2D eigenvalue weighted by molar-refractivity contribution is -0.150. The van der Waals surface area contributed by atoms with E-state index in [0.29, 0.717) is 0 Å². The molecular weight excluding hydrogens is 420 g/mol. The highest BCUT2D eigenvalue weighted by molar-refractivity contribution is 5.79. The number of ether oxygens (including phenoxy) is 1. The van der Waals surface area contributed by atoms with Crippen molar-refractivity contribution in [1.82, 2.24) is 0 Å². The van der Waals surface area contributed by atoms with Gasteiger partial charge in [-0.2, -0.15) is 10.2 Å². The number of fused-ring (bicyclic) bond motifs is 1. The van der Waals surface area contributed by atoms with Gasteiger partial charge in [0.25, 0.3) is 0 Å². The molecule has 34 heavy (non-hydrogen) atoms. The first-order valence-electron chi connectivity index (χ1n) is 11.6.